The number of carbonyl (C=O) groups excluding carboxylic acids is 1. The summed E-state index contributed by atoms with van der Waals surface area (Å²) in [7, 11) is -3.99. The molecule has 0 saturated heterocycles. The van der Waals surface area contributed by atoms with Crippen molar-refractivity contribution in [3.05, 3.63) is 114 Å². The van der Waals surface area contributed by atoms with Crippen molar-refractivity contribution in [2.24, 2.45) is 5.73 Å². The first-order valence-corrected chi connectivity index (χ1v) is 14.0. The van der Waals surface area contributed by atoms with E-state index in [0.29, 0.717) is 24.8 Å². The first kappa shape index (κ1) is 26.5. The van der Waals surface area contributed by atoms with Crippen LogP contribution in [0.4, 0.5) is 0 Å². The number of amides is 1. The summed E-state index contributed by atoms with van der Waals surface area (Å²) in [5.74, 6) is -0.377. The van der Waals surface area contributed by atoms with Crippen molar-refractivity contribution in [3.8, 4) is 0 Å². The van der Waals surface area contributed by atoms with E-state index in [4.69, 9.17) is 5.73 Å². The van der Waals surface area contributed by atoms with Gasteiger partial charge in [-0.3, -0.25) is 4.79 Å². The van der Waals surface area contributed by atoms with Crippen molar-refractivity contribution in [3.63, 3.8) is 0 Å². The Labute approximate surface area is 219 Å². The van der Waals surface area contributed by atoms with E-state index < -0.39 is 16.1 Å². The van der Waals surface area contributed by atoms with Gasteiger partial charge in [0.1, 0.15) is 6.04 Å². The minimum absolute atomic E-state index is 0.156. The zero-order chi connectivity index (χ0) is 26.3. The highest BCUT2D eigenvalue weighted by atomic mass is 32.2. The molecule has 0 saturated carbocycles. The number of hydrogen-bond donors (Lipinski definition) is 3. The number of nitrogens with two attached hydrogens (primary N) is 1. The molecule has 0 fully saturated rings. The number of benzene rings is 4. The van der Waals surface area contributed by atoms with Crippen LogP contribution in [0.3, 0.4) is 0 Å². The van der Waals surface area contributed by atoms with Crippen LogP contribution in [0.25, 0.3) is 10.8 Å². The molecule has 192 valence electrons. The van der Waals surface area contributed by atoms with Crippen molar-refractivity contribution in [1.29, 1.82) is 0 Å². The van der Waals surface area contributed by atoms with Crippen molar-refractivity contribution >= 4 is 26.7 Å². The highest BCUT2D eigenvalue weighted by Gasteiger charge is 2.28. The van der Waals surface area contributed by atoms with Gasteiger partial charge >= 0.3 is 0 Å². The van der Waals surface area contributed by atoms with E-state index >= 15 is 0 Å². The van der Waals surface area contributed by atoms with Crippen LogP contribution >= 0.6 is 0 Å². The predicted molar refractivity (Wildman–Crippen MR) is 149 cm³/mol. The molecule has 0 radical (unpaired) electrons. The third-order valence-electron chi connectivity index (χ3n) is 6.50. The number of fused-ring (bicyclic) bond motifs is 1. The number of rotatable bonds is 11. The molecule has 0 aliphatic carbocycles. The van der Waals surface area contributed by atoms with Crippen LogP contribution in [0.1, 0.15) is 35.6 Å². The zero-order valence-corrected chi connectivity index (χ0v) is 21.7. The van der Waals surface area contributed by atoms with Gasteiger partial charge in [0.05, 0.1) is 10.9 Å². The van der Waals surface area contributed by atoms with E-state index in [2.05, 4.69) is 10.0 Å². The van der Waals surface area contributed by atoms with E-state index in [-0.39, 0.29) is 23.3 Å². The number of hydrogen-bond acceptors (Lipinski definition) is 4. The molecule has 37 heavy (non-hydrogen) atoms. The molecule has 6 nitrogen and oxygen atoms in total. The fraction of sp³-hybridized carbons (Fsp3) is 0.233. The normalized spacial score (nSPS) is 13.2. The zero-order valence-electron chi connectivity index (χ0n) is 20.9. The fourth-order valence-electron chi connectivity index (χ4n) is 4.53. The summed E-state index contributed by atoms with van der Waals surface area (Å²) in [5, 5.41) is 4.59. The van der Waals surface area contributed by atoms with E-state index in [1.54, 1.807) is 18.2 Å². The summed E-state index contributed by atoms with van der Waals surface area (Å²) in [4.78, 5) is 13.7. The molecule has 7 heteroatoms. The van der Waals surface area contributed by atoms with Gasteiger partial charge in [-0.1, -0.05) is 91.0 Å². The topological polar surface area (TPSA) is 101 Å². The summed E-state index contributed by atoms with van der Waals surface area (Å²) >= 11 is 0. The van der Waals surface area contributed by atoms with Crippen LogP contribution in [0.15, 0.2) is 102 Å². The van der Waals surface area contributed by atoms with Crippen molar-refractivity contribution in [2.45, 2.75) is 43.2 Å². The minimum atomic E-state index is -3.99. The van der Waals surface area contributed by atoms with Gasteiger partial charge in [0.2, 0.25) is 15.9 Å². The number of carbonyl (C=O) groups is 1. The van der Waals surface area contributed by atoms with Crippen molar-refractivity contribution < 1.29 is 13.2 Å². The Hall–Kier alpha value is -3.52. The third kappa shape index (κ3) is 6.63. The van der Waals surface area contributed by atoms with Gasteiger partial charge in [-0.2, -0.15) is 4.72 Å². The molecular formula is C30H33N3O3S. The van der Waals surface area contributed by atoms with Crippen LogP contribution in [0, 0.1) is 6.92 Å². The molecule has 1 unspecified atom stereocenters. The molecule has 0 aliphatic rings. The lowest BCUT2D eigenvalue weighted by molar-refractivity contribution is -0.123. The predicted octanol–water partition coefficient (Wildman–Crippen LogP) is 4.63. The Bertz CT molecular complexity index is 1440. The summed E-state index contributed by atoms with van der Waals surface area (Å²) < 4.78 is 29.8. The second-order valence-electron chi connectivity index (χ2n) is 9.19. The van der Waals surface area contributed by atoms with Gasteiger partial charge < -0.3 is 11.1 Å². The summed E-state index contributed by atoms with van der Waals surface area (Å²) in [6, 6.07) is 29.1. The maximum atomic E-state index is 13.6. The molecule has 1 amide bonds. The van der Waals surface area contributed by atoms with Crippen LogP contribution in [0.5, 0.6) is 0 Å². The lowest BCUT2D eigenvalue weighted by atomic mass is 9.98. The molecule has 0 aliphatic heterocycles. The molecule has 0 aromatic heterocycles. The number of nitrogens with one attached hydrogen (secondary N) is 2. The number of aryl methyl sites for hydroxylation is 1. The Morgan fingerprint density at radius 1 is 0.838 bits per heavy atom. The lowest BCUT2D eigenvalue weighted by Crippen LogP contribution is -2.48. The van der Waals surface area contributed by atoms with Gasteiger partial charge in [0.25, 0.3) is 0 Å². The molecule has 0 bridgehead atoms. The first-order valence-electron chi connectivity index (χ1n) is 12.5. The second kappa shape index (κ2) is 12.1. The van der Waals surface area contributed by atoms with E-state index in [1.807, 2.05) is 85.8 Å². The van der Waals surface area contributed by atoms with Gasteiger partial charge in [0, 0.05) is 5.39 Å². The first-order chi connectivity index (χ1) is 17.9. The summed E-state index contributed by atoms with van der Waals surface area (Å²) in [6.07, 6.45) is 1.37. The highest BCUT2D eigenvalue weighted by molar-refractivity contribution is 7.89. The SMILES string of the molecule is Cc1ccc(S(=O)(=O)N[C@@H](CCCN)C(=O)NC(Cc2ccccc2)c2ccccc2)c2ccccc12. The molecule has 4 aromatic carbocycles. The fourth-order valence-corrected chi connectivity index (χ4v) is 5.97. The standard InChI is InChI=1S/C30H33N3O3S/c1-22-18-19-29(26-16-9-8-15-25(22)26)37(35,36)33-27(17-10-20-31)30(34)32-28(24-13-6-3-7-14-24)21-23-11-4-2-5-12-23/h2-9,11-16,18-19,27-28,33H,10,17,20-21,31H2,1H3,(H,32,34)/t27-,28?/m0/s1. The molecule has 0 heterocycles. The highest BCUT2D eigenvalue weighted by Crippen LogP contribution is 2.26. The molecular weight excluding hydrogens is 482 g/mol. The van der Waals surface area contributed by atoms with E-state index in [9.17, 15) is 13.2 Å². The quantitative estimate of drug-likeness (QED) is 0.271. The van der Waals surface area contributed by atoms with Crippen molar-refractivity contribution in [2.75, 3.05) is 6.54 Å². The lowest BCUT2D eigenvalue weighted by Gasteiger charge is -2.24. The van der Waals surface area contributed by atoms with Gasteiger partial charge in [-0.05, 0) is 60.9 Å². The number of sulfonamides is 1. The average Bonchev–Trinajstić information content (AvgIpc) is 2.92. The molecule has 4 N–H and O–H groups in total. The second-order valence-corrected chi connectivity index (χ2v) is 10.9. The molecule has 2 atom stereocenters. The average molecular weight is 516 g/mol. The van der Waals surface area contributed by atoms with Gasteiger partial charge in [0.15, 0.2) is 0 Å². The minimum Gasteiger partial charge on any atom is -0.348 e. The van der Waals surface area contributed by atoms with Gasteiger partial charge in [-0.25, -0.2) is 8.42 Å². The molecule has 4 rings (SSSR count). The Balaban J connectivity index is 1.61. The summed E-state index contributed by atoms with van der Waals surface area (Å²) in [6.45, 7) is 2.30. The molecule has 4 aromatic rings. The van der Waals surface area contributed by atoms with Gasteiger partial charge in [-0.15, -0.1) is 0 Å². The Morgan fingerprint density at radius 2 is 1.46 bits per heavy atom. The largest absolute Gasteiger partial charge is 0.348 e. The summed E-state index contributed by atoms with van der Waals surface area (Å²) in [5.41, 5.74) is 8.73. The van der Waals surface area contributed by atoms with Crippen molar-refractivity contribution in [1.82, 2.24) is 10.0 Å². The maximum absolute atomic E-state index is 13.6. The molecule has 0 spiro atoms. The van der Waals surface area contributed by atoms with Crippen LogP contribution < -0.4 is 15.8 Å². The smallest absolute Gasteiger partial charge is 0.241 e. The van der Waals surface area contributed by atoms with Crippen LogP contribution in [-0.4, -0.2) is 26.9 Å². The van der Waals surface area contributed by atoms with Crippen LogP contribution in [0.2, 0.25) is 0 Å². The Morgan fingerprint density at radius 3 is 2.14 bits per heavy atom. The van der Waals surface area contributed by atoms with E-state index in [0.717, 1.165) is 22.1 Å². The van der Waals surface area contributed by atoms with Crippen LogP contribution in [-0.2, 0) is 21.2 Å². The van der Waals surface area contributed by atoms with E-state index in [1.165, 1.54) is 0 Å². The monoisotopic (exact) mass is 515 g/mol. The maximum Gasteiger partial charge on any atom is 0.241 e. The third-order valence-corrected chi connectivity index (χ3v) is 8.03. The Kier molecular flexibility index (Phi) is 8.71.